The number of carbonyl (C=O) groups is 1. The molecule has 0 N–H and O–H groups in total. The number of hydrogen-bond acceptors (Lipinski definition) is 2. The van der Waals surface area contributed by atoms with E-state index in [0.29, 0.717) is 15.6 Å². The molecule has 0 fully saturated rings. The van der Waals surface area contributed by atoms with Gasteiger partial charge in [0.1, 0.15) is 11.7 Å². The van der Waals surface area contributed by atoms with Gasteiger partial charge in [-0.05, 0) is 36.8 Å². The molecule has 0 aliphatic rings. The normalized spacial score (nSPS) is 11.8. The highest BCUT2D eigenvalue weighted by Crippen LogP contribution is 2.30. The molecule has 0 aromatic heterocycles. The summed E-state index contributed by atoms with van der Waals surface area (Å²) in [6.45, 7) is 1.86. The van der Waals surface area contributed by atoms with Crippen molar-refractivity contribution in [1.82, 2.24) is 0 Å². The zero-order chi connectivity index (χ0) is 15.6. The average Bonchev–Trinajstić information content (AvgIpc) is 2.44. The van der Waals surface area contributed by atoms with E-state index in [1.165, 1.54) is 12.1 Å². The van der Waals surface area contributed by atoms with Crippen LogP contribution in [-0.4, -0.2) is 5.78 Å². The Morgan fingerprint density at radius 2 is 2.05 bits per heavy atom. The zero-order valence-electron chi connectivity index (χ0n) is 11.0. The minimum atomic E-state index is -1.07. The summed E-state index contributed by atoms with van der Waals surface area (Å²) in [6, 6.07) is 10.9. The third-order valence-corrected chi connectivity index (χ3v) is 4.07. The Bertz CT molecular complexity index is 754. The lowest BCUT2D eigenvalue weighted by molar-refractivity contribution is 0.0978. The quantitative estimate of drug-likeness (QED) is 0.714. The highest BCUT2D eigenvalue weighted by atomic mass is 79.9. The van der Waals surface area contributed by atoms with Crippen molar-refractivity contribution in [2.24, 2.45) is 0 Å². The van der Waals surface area contributed by atoms with E-state index in [2.05, 4.69) is 15.9 Å². The van der Waals surface area contributed by atoms with Gasteiger partial charge in [-0.1, -0.05) is 45.2 Å². The van der Waals surface area contributed by atoms with Gasteiger partial charge >= 0.3 is 0 Å². The van der Waals surface area contributed by atoms with Crippen LogP contribution in [0.4, 0.5) is 4.39 Å². The number of ketones is 1. The minimum absolute atomic E-state index is 0.0682. The number of nitriles is 1. The van der Waals surface area contributed by atoms with E-state index in [1.807, 2.05) is 19.1 Å². The Labute approximate surface area is 135 Å². The van der Waals surface area contributed by atoms with Gasteiger partial charge in [-0.2, -0.15) is 5.26 Å². The predicted molar refractivity (Wildman–Crippen MR) is 83.0 cm³/mol. The molecule has 1 atom stereocenters. The van der Waals surface area contributed by atoms with Gasteiger partial charge < -0.3 is 0 Å². The van der Waals surface area contributed by atoms with Crippen LogP contribution in [0.5, 0.6) is 0 Å². The molecule has 0 radical (unpaired) electrons. The molecular weight excluding hydrogens is 357 g/mol. The number of nitrogens with zero attached hydrogens (tertiary/aromatic N) is 1. The summed E-state index contributed by atoms with van der Waals surface area (Å²) in [7, 11) is 0. The van der Waals surface area contributed by atoms with Gasteiger partial charge in [0.25, 0.3) is 0 Å². The van der Waals surface area contributed by atoms with E-state index in [9.17, 15) is 14.4 Å². The maximum atomic E-state index is 13.1. The van der Waals surface area contributed by atoms with E-state index in [1.54, 1.807) is 12.1 Å². The monoisotopic (exact) mass is 365 g/mol. The van der Waals surface area contributed by atoms with Crippen molar-refractivity contribution in [3.05, 3.63) is 68.4 Å². The Balaban J connectivity index is 2.49. The summed E-state index contributed by atoms with van der Waals surface area (Å²) in [4.78, 5) is 12.6. The third kappa shape index (κ3) is 3.31. The van der Waals surface area contributed by atoms with E-state index in [0.717, 1.165) is 11.6 Å². The number of rotatable bonds is 3. The molecule has 2 nitrogen and oxygen atoms in total. The summed E-state index contributed by atoms with van der Waals surface area (Å²) in [5.74, 6) is -1.96. The SMILES string of the molecule is Cc1ccc(Br)c(C(=O)C(C#N)c2ccc(F)cc2Cl)c1. The molecule has 0 bridgehead atoms. The molecule has 2 rings (SSSR count). The fourth-order valence-corrected chi connectivity index (χ4v) is 2.71. The van der Waals surface area contributed by atoms with Gasteiger partial charge in [0.05, 0.1) is 6.07 Å². The van der Waals surface area contributed by atoms with Gasteiger partial charge in [-0.3, -0.25) is 4.79 Å². The molecule has 2 aromatic carbocycles. The number of Topliss-reactive ketones (excluding diaryl/α,β-unsaturated/α-hetero) is 1. The summed E-state index contributed by atoms with van der Waals surface area (Å²) in [5.41, 5.74) is 1.62. The van der Waals surface area contributed by atoms with Crippen LogP contribution in [0.2, 0.25) is 5.02 Å². The van der Waals surface area contributed by atoms with Crippen LogP contribution in [0.3, 0.4) is 0 Å². The molecule has 2 aromatic rings. The maximum Gasteiger partial charge on any atom is 0.185 e. The second-order valence-electron chi connectivity index (χ2n) is 4.58. The summed E-state index contributed by atoms with van der Waals surface area (Å²) >= 11 is 9.26. The molecule has 5 heteroatoms. The fourth-order valence-electron chi connectivity index (χ4n) is 1.99. The van der Waals surface area contributed by atoms with Crippen LogP contribution in [0, 0.1) is 24.1 Å². The van der Waals surface area contributed by atoms with E-state index in [4.69, 9.17) is 11.6 Å². The average molecular weight is 367 g/mol. The number of halogens is 3. The third-order valence-electron chi connectivity index (χ3n) is 3.05. The fraction of sp³-hybridized carbons (Fsp3) is 0.125. The van der Waals surface area contributed by atoms with Crippen LogP contribution in [0.25, 0.3) is 0 Å². The van der Waals surface area contributed by atoms with Gasteiger partial charge in [0.2, 0.25) is 0 Å². The minimum Gasteiger partial charge on any atom is -0.292 e. The highest BCUT2D eigenvalue weighted by Gasteiger charge is 2.25. The molecule has 0 heterocycles. The lowest BCUT2D eigenvalue weighted by Gasteiger charge is -2.12. The zero-order valence-corrected chi connectivity index (χ0v) is 13.4. The standard InChI is InChI=1S/C16H10BrClFNO/c1-9-2-5-14(17)12(6-9)16(21)13(8-20)11-4-3-10(19)7-15(11)18/h2-7,13H,1H3. The summed E-state index contributed by atoms with van der Waals surface area (Å²) < 4.78 is 13.7. The number of aryl methyl sites for hydroxylation is 1. The second kappa shape index (κ2) is 6.38. The summed E-state index contributed by atoms with van der Waals surface area (Å²) in [5, 5.41) is 9.39. The number of carbonyl (C=O) groups excluding carboxylic acids is 1. The second-order valence-corrected chi connectivity index (χ2v) is 5.84. The van der Waals surface area contributed by atoms with E-state index < -0.39 is 11.7 Å². The Morgan fingerprint density at radius 1 is 1.33 bits per heavy atom. The lowest BCUT2D eigenvalue weighted by Crippen LogP contribution is -2.13. The van der Waals surface area contributed by atoms with Crippen molar-refractivity contribution in [3.8, 4) is 6.07 Å². The van der Waals surface area contributed by atoms with Crippen molar-refractivity contribution >= 4 is 33.3 Å². The smallest absolute Gasteiger partial charge is 0.185 e. The topological polar surface area (TPSA) is 40.9 Å². The molecule has 0 saturated carbocycles. The van der Waals surface area contributed by atoms with Crippen LogP contribution >= 0.6 is 27.5 Å². The number of benzene rings is 2. The Hall–Kier alpha value is -1.70. The molecule has 0 spiro atoms. The lowest BCUT2D eigenvalue weighted by atomic mass is 9.91. The van der Waals surface area contributed by atoms with Gasteiger partial charge in [-0.25, -0.2) is 4.39 Å². The molecule has 1 unspecified atom stereocenters. The van der Waals surface area contributed by atoms with Crippen LogP contribution in [-0.2, 0) is 0 Å². The predicted octanol–water partition coefficient (Wildman–Crippen LogP) is 5.04. The van der Waals surface area contributed by atoms with Crippen molar-refractivity contribution in [3.63, 3.8) is 0 Å². The van der Waals surface area contributed by atoms with Crippen LogP contribution in [0.1, 0.15) is 27.4 Å². The molecule has 0 saturated heterocycles. The Morgan fingerprint density at radius 3 is 2.67 bits per heavy atom. The van der Waals surface area contributed by atoms with Gasteiger partial charge in [0.15, 0.2) is 5.78 Å². The van der Waals surface area contributed by atoms with Crippen molar-refractivity contribution in [2.75, 3.05) is 0 Å². The van der Waals surface area contributed by atoms with Gasteiger partial charge in [-0.15, -0.1) is 0 Å². The van der Waals surface area contributed by atoms with Crippen LogP contribution < -0.4 is 0 Å². The first-order chi connectivity index (χ1) is 9.93. The molecule has 0 aliphatic heterocycles. The molecule has 0 aliphatic carbocycles. The highest BCUT2D eigenvalue weighted by molar-refractivity contribution is 9.10. The van der Waals surface area contributed by atoms with Crippen molar-refractivity contribution < 1.29 is 9.18 Å². The van der Waals surface area contributed by atoms with Crippen molar-refractivity contribution in [1.29, 1.82) is 5.26 Å². The molecule has 21 heavy (non-hydrogen) atoms. The van der Waals surface area contributed by atoms with Crippen molar-refractivity contribution in [2.45, 2.75) is 12.8 Å². The first-order valence-corrected chi connectivity index (χ1v) is 7.26. The largest absolute Gasteiger partial charge is 0.292 e. The first-order valence-electron chi connectivity index (χ1n) is 6.09. The van der Waals surface area contributed by atoms with Gasteiger partial charge in [0, 0.05) is 15.1 Å². The number of hydrogen-bond donors (Lipinski definition) is 0. The van der Waals surface area contributed by atoms with E-state index >= 15 is 0 Å². The molecule has 106 valence electrons. The summed E-state index contributed by atoms with van der Waals surface area (Å²) in [6.07, 6.45) is 0. The molecule has 0 amide bonds. The van der Waals surface area contributed by atoms with E-state index in [-0.39, 0.29) is 10.8 Å². The first kappa shape index (κ1) is 15.7. The van der Waals surface area contributed by atoms with Crippen LogP contribution in [0.15, 0.2) is 40.9 Å². The Kier molecular flexibility index (Phi) is 4.76. The molecular formula is C16H10BrClFNO. The maximum absolute atomic E-state index is 13.1.